The van der Waals surface area contributed by atoms with Gasteiger partial charge in [0, 0.05) is 19.3 Å². The Balaban J connectivity index is 4.36. The minimum Gasteiger partial charge on any atom is -0.462 e. The summed E-state index contributed by atoms with van der Waals surface area (Å²) in [5.74, 6) is -0.875. The zero-order chi connectivity index (χ0) is 45.1. The highest BCUT2D eigenvalue weighted by Crippen LogP contribution is 2.16. The molecule has 0 fully saturated rings. The minimum absolute atomic E-state index is 0.0732. The van der Waals surface area contributed by atoms with Gasteiger partial charge in [-0.3, -0.25) is 14.4 Å². The van der Waals surface area contributed by atoms with E-state index in [1.807, 2.05) is 0 Å². The van der Waals surface area contributed by atoms with Crippen LogP contribution in [0.5, 0.6) is 0 Å². The van der Waals surface area contributed by atoms with Gasteiger partial charge in [-0.2, -0.15) is 0 Å². The van der Waals surface area contributed by atoms with Crippen LogP contribution in [0.2, 0.25) is 0 Å². The van der Waals surface area contributed by atoms with Gasteiger partial charge >= 0.3 is 17.9 Å². The maximum absolute atomic E-state index is 12.8. The Morgan fingerprint density at radius 1 is 0.306 bits per heavy atom. The Kier molecular flexibility index (Phi) is 49.8. The standard InChI is InChI=1S/C56H104O6/c1-4-7-10-13-16-19-22-25-28-31-34-37-40-43-46-49-55(58)61-52-53(51-60-54(57)48-45-42-39-36-33-30-27-24-21-18-15-12-9-6-3)62-56(59)50-47-44-41-38-35-32-29-26-23-20-17-14-11-8-5-2/h25-26,28-29,53H,4-24,27,30-52H2,1-3H3/b28-25-,29-26-/t53-/m0/s1. The third-order valence-electron chi connectivity index (χ3n) is 12.2. The highest BCUT2D eigenvalue weighted by molar-refractivity contribution is 5.71. The number of ether oxygens (including phenoxy) is 3. The zero-order valence-electron chi connectivity index (χ0n) is 41.7. The highest BCUT2D eigenvalue weighted by Gasteiger charge is 2.19. The van der Waals surface area contributed by atoms with Crippen molar-refractivity contribution in [2.24, 2.45) is 0 Å². The number of hydrogen-bond donors (Lipinski definition) is 0. The molecule has 0 rings (SSSR count). The van der Waals surface area contributed by atoms with Crippen molar-refractivity contribution in [2.75, 3.05) is 13.2 Å². The van der Waals surface area contributed by atoms with Gasteiger partial charge in [0.25, 0.3) is 0 Å². The van der Waals surface area contributed by atoms with Crippen molar-refractivity contribution in [3.63, 3.8) is 0 Å². The van der Waals surface area contributed by atoms with E-state index in [1.54, 1.807) is 0 Å². The third kappa shape index (κ3) is 48.9. The molecule has 0 bridgehead atoms. The first-order valence-electron chi connectivity index (χ1n) is 27.3. The van der Waals surface area contributed by atoms with E-state index in [-0.39, 0.29) is 31.1 Å². The first kappa shape index (κ1) is 59.9. The molecule has 62 heavy (non-hydrogen) atoms. The Morgan fingerprint density at radius 2 is 0.532 bits per heavy atom. The molecule has 0 aromatic rings. The van der Waals surface area contributed by atoms with Gasteiger partial charge in [0.2, 0.25) is 0 Å². The maximum atomic E-state index is 12.8. The number of allylic oxidation sites excluding steroid dienone is 4. The Morgan fingerprint density at radius 3 is 0.806 bits per heavy atom. The van der Waals surface area contributed by atoms with E-state index >= 15 is 0 Å². The first-order chi connectivity index (χ1) is 30.5. The maximum Gasteiger partial charge on any atom is 0.306 e. The van der Waals surface area contributed by atoms with Crippen LogP contribution in [0.3, 0.4) is 0 Å². The third-order valence-corrected chi connectivity index (χ3v) is 12.2. The van der Waals surface area contributed by atoms with Crippen molar-refractivity contribution < 1.29 is 28.6 Å². The smallest absolute Gasteiger partial charge is 0.306 e. The molecule has 0 heterocycles. The van der Waals surface area contributed by atoms with Crippen LogP contribution in [0.1, 0.15) is 297 Å². The monoisotopic (exact) mass is 873 g/mol. The lowest BCUT2D eigenvalue weighted by molar-refractivity contribution is -0.167. The summed E-state index contributed by atoms with van der Waals surface area (Å²) in [5.41, 5.74) is 0. The molecule has 0 aliphatic rings. The van der Waals surface area contributed by atoms with Crippen molar-refractivity contribution in [2.45, 2.75) is 303 Å². The lowest BCUT2D eigenvalue weighted by atomic mass is 10.0. The molecule has 364 valence electrons. The molecular formula is C56H104O6. The van der Waals surface area contributed by atoms with Crippen LogP contribution >= 0.6 is 0 Å². The Labute approximate surface area is 385 Å². The second-order valence-corrected chi connectivity index (χ2v) is 18.5. The number of hydrogen-bond acceptors (Lipinski definition) is 6. The highest BCUT2D eigenvalue weighted by atomic mass is 16.6. The van der Waals surface area contributed by atoms with Crippen LogP contribution in [-0.4, -0.2) is 37.2 Å². The van der Waals surface area contributed by atoms with Gasteiger partial charge in [0.1, 0.15) is 13.2 Å². The predicted octanol–water partition coefficient (Wildman–Crippen LogP) is 17.9. The van der Waals surface area contributed by atoms with Crippen LogP contribution in [0, 0.1) is 0 Å². The average molecular weight is 873 g/mol. The molecule has 0 saturated heterocycles. The van der Waals surface area contributed by atoms with Gasteiger partial charge in [-0.15, -0.1) is 0 Å². The quantitative estimate of drug-likeness (QED) is 0.0262. The fraction of sp³-hybridized carbons (Fsp3) is 0.875. The van der Waals surface area contributed by atoms with E-state index in [9.17, 15) is 14.4 Å². The van der Waals surface area contributed by atoms with Crippen molar-refractivity contribution in [3.8, 4) is 0 Å². The van der Waals surface area contributed by atoms with Gasteiger partial charge in [-0.05, 0) is 70.6 Å². The normalized spacial score (nSPS) is 12.1. The average Bonchev–Trinajstić information content (AvgIpc) is 3.27. The lowest BCUT2D eigenvalue weighted by Gasteiger charge is -2.18. The van der Waals surface area contributed by atoms with Gasteiger partial charge in [0.05, 0.1) is 0 Å². The van der Waals surface area contributed by atoms with Crippen LogP contribution in [-0.2, 0) is 28.6 Å². The summed E-state index contributed by atoms with van der Waals surface area (Å²) in [6, 6.07) is 0. The predicted molar refractivity (Wildman–Crippen MR) is 266 cm³/mol. The second-order valence-electron chi connectivity index (χ2n) is 18.5. The minimum atomic E-state index is -0.774. The number of rotatable bonds is 50. The van der Waals surface area contributed by atoms with E-state index < -0.39 is 6.10 Å². The fourth-order valence-corrected chi connectivity index (χ4v) is 8.02. The molecule has 6 heteroatoms. The molecule has 1 atom stereocenters. The zero-order valence-corrected chi connectivity index (χ0v) is 41.7. The van der Waals surface area contributed by atoms with E-state index in [2.05, 4.69) is 45.1 Å². The summed E-state index contributed by atoms with van der Waals surface area (Å²) in [6.45, 7) is 6.65. The molecule has 0 aliphatic carbocycles. The number of esters is 3. The van der Waals surface area contributed by atoms with E-state index in [0.717, 1.165) is 70.6 Å². The van der Waals surface area contributed by atoms with Gasteiger partial charge in [0.15, 0.2) is 6.10 Å². The number of unbranched alkanes of at least 4 members (excludes halogenated alkanes) is 35. The number of carbonyl (C=O) groups is 3. The SMILES string of the molecule is CCCCCCCC/C=C\CCCCCCCC(=O)OC[C@H](COC(=O)CCCCCCCCCCCCCCCC)OC(=O)CCCCCCC/C=C\CCCCCCCC. The van der Waals surface area contributed by atoms with E-state index in [0.29, 0.717) is 19.3 Å². The molecule has 0 unspecified atom stereocenters. The molecular weight excluding hydrogens is 769 g/mol. The van der Waals surface area contributed by atoms with Gasteiger partial charge < -0.3 is 14.2 Å². The molecule has 0 radical (unpaired) electrons. The van der Waals surface area contributed by atoms with Gasteiger partial charge in [-0.1, -0.05) is 231 Å². The fourth-order valence-electron chi connectivity index (χ4n) is 8.02. The molecule has 0 saturated carbocycles. The molecule has 0 amide bonds. The summed E-state index contributed by atoms with van der Waals surface area (Å²) >= 11 is 0. The molecule has 0 aromatic heterocycles. The molecule has 0 aliphatic heterocycles. The molecule has 0 N–H and O–H groups in total. The summed E-state index contributed by atoms with van der Waals surface area (Å²) in [6.07, 6.45) is 58.7. The van der Waals surface area contributed by atoms with Crippen LogP contribution in [0.25, 0.3) is 0 Å². The largest absolute Gasteiger partial charge is 0.462 e. The van der Waals surface area contributed by atoms with Crippen LogP contribution in [0.15, 0.2) is 24.3 Å². The second kappa shape index (κ2) is 51.5. The van der Waals surface area contributed by atoms with Crippen molar-refractivity contribution in [3.05, 3.63) is 24.3 Å². The van der Waals surface area contributed by atoms with Crippen molar-refractivity contribution in [1.29, 1.82) is 0 Å². The van der Waals surface area contributed by atoms with E-state index in [4.69, 9.17) is 14.2 Å². The summed E-state index contributed by atoms with van der Waals surface area (Å²) < 4.78 is 16.8. The number of carbonyl (C=O) groups excluding carboxylic acids is 3. The molecule has 0 spiro atoms. The van der Waals surface area contributed by atoms with Crippen LogP contribution < -0.4 is 0 Å². The molecule has 0 aromatic carbocycles. The first-order valence-corrected chi connectivity index (χ1v) is 27.3. The molecule has 6 nitrogen and oxygen atoms in total. The van der Waals surface area contributed by atoms with E-state index in [1.165, 1.54) is 186 Å². The van der Waals surface area contributed by atoms with Crippen molar-refractivity contribution >= 4 is 17.9 Å². The topological polar surface area (TPSA) is 78.9 Å². The van der Waals surface area contributed by atoms with Gasteiger partial charge in [-0.25, -0.2) is 0 Å². The van der Waals surface area contributed by atoms with Crippen LogP contribution in [0.4, 0.5) is 0 Å². The Bertz CT molecular complexity index is 1000. The summed E-state index contributed by atoms with van der Waals surface area (Å²) in [7, 11) is 0. The van der Waals surface area contributed by atoms with Crippen molar-refractivity contribution in [1.82, 2.24) is 0 Å². The Hall–Kier alpha value is -2.11. The lowest BCUT2D eigenvalue weighted by Crippen LogP contribution is -2.30. The summed E-state index contributed by atoms with van der Waals surface area (Å²) in [5, 5.41) is 0. The summed E-state index contributed by atoms with van der Waals surface area (Å²) in [4.78, 5) is 38.0.